The highest BCUT2D eigenvalue weighted by atomic mass is 16.5. The zero-order chi connectivity index (χ0) is 11.9. The molecule has 1 aliphatic rings. The Morgan fingerprint density at radius 2 is 2.00 bits per heavy atom. The average Bonchev–Trinajstić information content (AvgIpc) is 2.26. The van der Waals surface area contributed by atoms with Crippen LogP contribution in [0.15, 0.2) is 0 Å². The Bertz CT molecular complexity index is 170. The lowest BCUT2D eigenvalue weighted by Gasteiger charge is -2.40. The predicted molar refractivity (Wildman–Crippen MR) is 67.7 cm³/mol. The zero-order valence-corrected chi connectivity index (χ0v) is 11.3. The Morgan fingerprint density at radius 1 is 1.25 bits per heavy atom. The summed E-state index contributed by atoms with van der Waals surface area (Å²) in [6.07, 6.45) is 6.38. The second-order valence-electron chi connectivity index (χ2n) is 5.28. The summed E-state index contributed by atoms with van der Waals surface area (Å²) in [4.78, 5) is 0. The van der Waals surface area contributed by atoms with Crippen LogP contribution in [0.25, 0.3) is 0 Å². The average molecular weight is 228 g/mol. The van der Waals surface area contributed by atoms with Gasteiger partial charge >= 0.3 is 0 Å². The van der Waals surface area contributed by atoms with Crippen LogP contribution >= 0.6 is 0 Å². The van der Waals surface area contributed by atoms with Gasteiger partial charge in [0.05, 0.1) is 19.8 Å². The summed E-state index contributed by atoms with van der Waals surface area (Å²) in [6, 6.07) is 0. The third kappa shape index (κ3) is 4.06. The Balaban J connectivity index is 2.12. The van der Waals surface area contributed by atoms with Crippen molar-refractivity contribution < 1.29 is 9.47 Å². The molecule has 0 aromatic heterocycles. The molecule has 0 aromatic rings. The SMILES string of the molecule is CCCC[C@H](CC)COCC1(CC)COC1. The van der Waals surface area contributed by atoms with Gasteiger partial charge in [-0.25, -0.2) is 0 Å². The first-order valence-corrected chi connectivity index (χ1v) is 6.91. The van der Waals surface area contributed by atoms with Crippen molar-refractivity contribution in [2.45, 2.75) is 52.9 Å². The fourth-order valence-electron chi connectivity index (χ4n) is 2.12. The number of hydrogen-bond donors (Lipinski definition) is 0. The fraction of sp³-hybridized carbons (Fsp3) is 1.00. The number of rotatable bonds is 9. The molecule has 1 fully saturated rings. The largest absolute Gasteiger partial charge is 0.380 e. The van der Waals surface area contributed by atoms with Gasteiger partial charge in [-0.1, -0.05) is 40.0 Å². The molecule has 1 rings (SSSR count). The molecule has 1 heterocycles. The molecular weight excluding hydrogens is 200 g/mol. The predicted octanol–water partition coefficient (Wildman–Crippen LogP) is 3.65. The maximum atomic E-state index is 5.90. The van der Waals surface area contributed by atoms with Crippen LogP contribution < -0.4 is 0 Å². The van der Waals surface area contributed by atoms with Gasteiger partial charge in [-0.05, 0) is 18.8 Å². The van der Waals surface area contributed by atoms with Crippen molar-refractivity contribution in [2.75, 3.05) is 26.4 Å². The van der Waals surface area contributed by atoms with E-state index in [1.807, 2.05) is 0 Å². The van der Waals surface area contributed by atoms with E-state index in [0.29, 0.717) is 5.41 Å². The molecule has 0 bridgehead atoms. The van der Waals surface area contributed by atoms with Gasteiger partial charge in [0.15, 0.2) is 0 Å². The van der Waals surface area contributed by atoms with Gasteiger partial charge in [0, 0.05) is 12.0 Å². The first-order valence-electron chi connectivity index (χ1n) is 6.91. The van der Waals surface area contributed by atoms with E-state index in [0.717, 1.165) is 32.3 Å². The third-order valence-electron chi connectivity index (χ3n) is 3.87. The summed E-state index contributed by atoms with van der Waals surface area (Å²) in [5.41, 5.74) is 0.350. The van der Waals surface area contributed by atoms with Crippen LogP contribution in [-0.4, -0.2) is 26.4 Å². The Kier molecular flexibility index (Phi) is 6.37. The molecule has 0 N–H and O–H groups in total. The van der Waals surface area contributed by atoms with Crippen LogP contribution in [0.1, 0.15) is 52.9 Å². The molecular formula is C14H28O2. The van der Waals surface area contributed by atoms with Crippen LogP contribution in [0, 0.1) is 11.3 Å². The van der Waals surface area contributed by atoms with Crippen molar-refractivity contribution in [3.05, 3.63) is 0 Å². The van der Waals surface area contributed by atoms with E-state index in [1.54, 1.807) is 0 Å². The highest BCUT2D eigenvalue weighted by Gasteiger charge is 2.37. The quantitative estimate of drug-likeness (QED) is 0.600. The Hall–Kier alpha value is -0.0800. The number of hydrogen-bond acceptors (Lipinski definition) is 2. The molecule has 0 amide bonds. The topological polar surface area (TPSA) is 18.5 Å². The number of ether oxygens (including phenoxy) is 2. The molecule has 96 valence electrons. The van der Waals surface area contributed by atoms with Gasteiger partial charge < -0.3 is 9.47 Å². The second kappa shape index (κ2) is 7.29. The summed E-state index contributed by atoms with van der Waals surface area (Å²) in [5.74, 6) is 0.759. The lowest BCUT2D eigenvalue weighted by molar-refractivity contribution is -0.152. The van der Waals surface area contributed by atoms with E-state index >= 15 is 0 Å². The second-order valence-corrected chi connectivity index (χ2v) is 5.28. The van der Waals surface area contributed by atoms with E-state index < -0.39 is 0 Å². The maximum absolute atomic E-state index is 5.90. The molecule has 1 saturated heterocycles. The van der Waals surface area contributed by atoms with Gasteiger partial charge in [0.2, 0.25) is 0 Å². The Morgan fingerprint density at radius 3 is 2.44 bits per heavy atom. The minimum atomic E-state index is 0.350. The molecule has 0 spiro atoms. The lowest BCUT2D eigenvalue weighted by atomic mass is 9.84. The molecule has 0 radical (unpaired) electrons. The standard InChI is InChI=1S/C14H28O2/c1-4-7-8-13(5-2)9-15-10-14(6-3)11-16-12-14/h13H,4-12H2,1-3H3/t13-/m0/s1. The van der Waals surface area contributed by atoms with Gasteiger partial charge in [0.25, 0.3) is 0 Å². The molecule has 1 aliphatic heterocycles. The summed E-state index contributed by atoms with van der Waals surface area (Å²) >= 11 is 0. The normalized spacial score (nSPS) is 20.4. The van der Waals surface area contributed by atoms with E-state index in [9.17, 15) is 0 Å². The van der Waals surface area contributed by atoms with E-state index in [2.05, 4.69) is 20.8 Å². The van der Waals surface area contributed by atoms with Gasteiger partial charge in [-0.15, -0.1) is 0 Å². The molecule has 0 aliphatic carbocycles. The third-order valence-corrected chi connectivity index (χ3v) is 3.87. The molecule has 1 atom stereocenters. The molecule has 2 heteroatoms. The first kappa shape index (κ1) is 14.0. The molecule has 0 aromatic carbocycles. The van der Waals surface area contributed by atoms with Crippen LogP contribution in [-0.2, 0) is 9.47 Å². The van der Waals surface area contributed by atoms with Crippen molar-refractivity contribution in [1.82, 2.24) is 0 Å². The fourth-order valence-corrected chi connectivity index (χ4v) is 2.12. The monoisotopic (exact) mass is 228 g/mol. The molecule has 16 heavy (non-hydrogen) atoms. The van der Waals surface area contributed by atoms with Crippen LogP contribution in [0.2, 0.25) is 0 Å². The van der Waals surface area contributed by atoms with Crippen molar-refractivity contribution in [2.24, 2.45) is 11.3 Å². The highest BCUT2D eigenvalue weighted by molar-refractivity contribution is 4.83. The maximum Gasteiger partial charge on any atom is 0.0566 e. The smallest absolute Gasteiger partial charge is 0.0566 e. The minimum absolute atomic E-state index is 0.350. The molecule has 0 saturated carbocycles. The van der Waals surface area contributed by atoms with Gasteiger partial charge in [0.1, 0.15) is 0 Å². The van der Waals surface area contributed by atoms with Gasteiger partial charge in [-0.3, -0.25) is 0 Å². The first-order chi connectivity index (χ1) is 7.76. The summed E-state index contributed by atoms with van der Waals surface area (Å²) in [5, 5.41) is 0. The van der Waals surface area contributed by atoms with Crippen molar-refractivity contribution >= 4 is 0 Å². The molecule has 0 unspecified atom stereocenters. The highest BCUT2D eigenvalue weighted by Crippen LogP contribution is 2.31. The zero-order valence-electron chi connectivity index (χ0n) is 11.3. The Labute approximate surface area is 101 Å². The van der Waals surface area contributed by atoms with Crippen LogP contribution in [0.5, 0.6) is 0 Å². The van der Waals surface area contributed by atoms with Crippen LogP contribution in [0.4, 0.5) is 0 Å². The van der Waals surface area contributed by atoms with Crippen molar-refractivity contribution in [3.63, 3.8) is 0 Å². The van der Waals surface area contributed by atoms with Crippen molar-refractivity contribution in [3.8, 4) is 0 Å². The van der Waals surface area contributed by atoms with E-state index in [1.165, 1.54) is 32.1 Å². The molecule has 2 nitrogen and oxygen atoms in total. The van der Waals surface area contributed by atoms with Crippen LogP contribution in [0.3, 0.4) is 0 Å². The summed E-state index contributed by atoms with van der Waals surface area (Å²) in [7, 11) is 0. The lowest BCUT2D eigenvalue weighted by Crippen LogP contribution is -2.46. The van der Waals surface area contributed by atoms with E-state index in [4.69, 9.17) is 9.47 Å². The summed E-state index contributed by atoms with van der Waals surface area (Å²) < 4.78 is 11.2. The van der Waals surface area contributed by atoms with E-state index in [-0.39, 0.29) is 0 Å². The van der Waals surface area contributed by atoms with Crippen molar-refractivity contribution in [1.29, 1.82) is 0 Å². The number of unbranched alkanes of at least 4 members (excludes halogenated alkanes) is 1. The summed E-state index contributed by atoms with van der Waals surface area (Å²) in [6.45, 7) is 10.4. The van der Waals surface area contributed by atoms with Gasteiger partial charge in [-0.2, -0.15) is 0 Å². The minimum Gasteiger partial charge on any atom is -0.380 e.